The number of nitrogens with zero attached hydrogens (tertiary/aromatic N) is 4. The van der Waals surface area contributed by atoms with Crippen molar-refractivity contribution in [3.05, 3.63) is 83.2 Å². The highest BCUT2D eigenvalue weighted by molar-refractivity contribution is 5.96. The highest BCUT2D eigenvalue weighted by atomic mass is 16.2. The van der Waals surface area contributed by atoms with Crippen molar-refractivity contribution in [3.8, 4) is 0 Å². The van der Waals surface area contributed by atoms with Gasteiger partial charge in [0.2, 0.25) is 0 Å². The first kappa shape index (κ1) is 18.4. The van der Waals surface area contributed by atoms with Crippen LogP contribution in [0, 0.1) is 13.8 Å². The number of pyridine rings is 1. The summed E-state index contributed by atoms with van der Waals surface area (Å²) in [5.41, 5.74) is 4.18. The van der Waals surface area contributed by atoms with Crippen molar-refractivity contribution < 1.29 is 4.79 Å². The van der Waals surface area contributed by atoms with E-state index in [1.807, 2.05) is 67.8 Å². The fourth-order valence-electron chi connectivity index (χ4n) is 4.01. The van der Waals surface area contributed by atoms with Crippen LogP contribution in [0.2, 0.25) is 0 Å². The zero-order valence-corrected chi connectivity index (χ0v) is 16.5. The Morgan fingerprint density at radius 3 is 2.79 bits per heavy atom. The van der Waals surface area contributed by atoms with Crippen molar-refractivity contribution in [2.45, 2.75) is 39.2 Å². The summed E-state index contributed by atoms with van der Waals surface area (Å²) in [4.78, 5) is 23.9. The monoisotopic (exact) mass is 374 g/mol. The molecule has 0 bridgehead atoms. The van der Waals surface area contributed by atoms with Gasteiger partial charge in [-0.15, -0.1) is 0 Å². The smallest absolute Gasteiger partial charge is 0.254 e. The number of benzene rings is 1. The molecule has 1 atom stereocenters. The van der Waals surface area contributed by atoms with E-state index in [1.165, 1.54) is 5.56 Å². The Hall–Kier alpha value is -2.95. The lowest BCUT2D eigenvalue weighted by atomic mass is 9.95. The van der Waals surface area contributed by atoms with Gasteiger partial charge in [0.05, 0.1) is 0 Å². The molecule has 144 valence electrons. The van der Waals surface area contributed by atoms with E-state index in [2.05, 4.69) is 20.6 Å². The van der Waals surface area contributed by atoms with E-state index in [0.29, 0.717) is 0 Å². The second kappa shape index (κ2) is 7.97. The molecule has 5 nitrogen and oxygen atoms in total. The molecule has 1 aliphatic heterocycles. The van der Waals surface area contributed by atoms with Crippen LogP contribution in [0.25, 0.3) is 0 Å². The Bertz CT molecular complexity index is 964. The quantitative estimate of drug-likeness (QED) is 0.694. The van der Waals surface area contributed by atoms with Gasteiger partial charge >= 0.3 is 0 Å². The second-order valence-electron chi connectivity index (χ2n) is 7.68. The number of rotatable bonds is 4. The predicted molar refractivity (Wildman–Crippen MR) is 109 cm³/mol. The van der Waals surface area contributed by atoms with Crippen LogP contribution >= 0.6 is 0 Å². The molecule has 0 unspecified atom stereocenters. The number of likely N-dealkylation sites (tertiary alicyclic amines) is 1. The molecule has 28 heavy (non-hydrogen) atoms. The molecule has 3 heterocycles. The molecule has 0 saturated carbocycles. The van der Waals surface area contributed by atoms with E-state index < -0.39 is 0 Å². The van der Waals surface area contributed by atoms with Crippen molar-refractivity contribution in [1.82, 2.24) is 19.4 Å². The number of aromatic nitrogens is 3. The van der Waals surface area contributed by atoms with Crippen LogP contribution in [0.3, 0.4) is 0 Å². The third kappa shape index (κ3) is 3.84. The van der Waals surface area contributed by atoms with Gasteiger partial charge in [0, 0.05) is 55.9 Å². The summed E-state index contributed by atoms with van der Waals surface area (Å²) in [6, 6.07) is 10.2. The van der Waals surface area contributed by atoms with Gasteiger partial charge in [-0.25, -0.2) is 4.98 Å². The van der Waals surface area contributed by atoms with Crippen molar-refractivity contribution in [2.75, 3.05) is 13.1 Å². The molecule has 1 aliphatic rings. The zero-order chi connectivity index (χ0) is 19.5. The van der Waals surface area contributed by atoms with Crippen LogP contribution < -0.4 is 0 Å². The fourth-order valence-corrected chi connectivity index (χ4v) is 4.01. The number of piperidine rings is 1. The Balaban J connectivity index is 1.53. The Morgan fingerprint density at radius 2 is 1.96 bits per heavy atom. The second-order valence-corrected chi connectivity index (χ2v) is 7.68. The molecular formula is C23H26N4O. The molecule has 1 amide bonds. The first-order valence-corrected chi connectivity index (χ1v) is 9.88. The van der Waals surface area contributed by atoms with Crippen LogP contribution in [0.4, 0.5) is 0 Å². The van der Waals surface area contributed by atoms with Gasteiger partial charge < -0.3 is 9.47 Å². The summed E-state index contributed by atoms with van der Waals surface area (Å²) in [5, 5.41) is 0. The van der Waals surface area contributed by atoms with Crippen LogP contribution in [0.1, 0.15) is 51.6 Å². The molecule has 5 heteroatoms. The van der Waals surface area contributed by atoms with Gasteiger partial charge in [0.25, 0.3) is 5.91 Å². The highest BCUT2D eigenvalue weighted by Gasteiger charge is 2.28. The number of aryl methyl sites for hydroxylation is 2. The minimum Gasteiger partial charge on any atom is -0.338 e. The molecule has 3 aromatic rings. The molecule has 0 aliphatic carbocycles. The molecule has 0 radical (unpaired) electrons. The van der Waals surface area contributed by atoms with Gasteiger partial charge in [0.15, 0.2) is 0 Å². The van der Waals surface area contributed by atoms with E-state index in [9.17, 15) is 4.79 Å². The number of hydrogen-bond acceptors (Lipinski definition) is 3. The van der Waals surface area contributed by atoms with Crippen LogP contribution in [0.15, 0.2) is 55.1 Å². The normalized spacial score (nSPS) is 16.9. The third-order valence-corrected chi connectivity index (χ3v) is 5.55. The fraction of sp³-hybridized carbons (Fsp3) is 0.348. The first-order chi connectivity index (χ1) is 13.6. The van der Waals surface area contributed by atoms with Crippen molar-refractivity contribution in [1.29, 1.82) is 0 Å². The maximum atomic E-state index is 13.2. The maximum absolute atomic E-state index is 13.2. The number of hydrogen-bond donors (Lipinski definition) is 0. The SMILES string of the molecule is Cc1ccc(C)c(C(=O)N2CCC[C@H](c3nccn3Cc3ccncc3)C2)c1. The number of carbonyl (C=O) groups excluding carboxylic acids is 1. The van der Waals surface area contributed by atoms with Crippen LogP contribution in [0.5, 0.6) is 0 Å². The van der Waals surface area contributed by atoms with Crippen molar-refractivity contribution >= 4 is 5.91 Å². The first-order valence-electron chi connectivity index (χ1n) is 9.88. The summed E-state index contributed by atoms with van der Waals surface area (Å²) in [6.07, 6.45) is 9.59. The van der Waals surface area contributed by atoms with Gasteiger partial charge in [-0.3, -0.25) is 9.78 Å². The van der Waals surface area contributed by atoms with E-state index in [0.717, 1.165) is 55.0 Å². The lowest BCUT2D eigenvalue weighted by molar-refractivity contribution is 0.0702. The highest BCUT2D eigenvalue weighted by Crippen LogP contribution is 2.28. The summed E-state index contributed by atoms with van der Waals surface area (Å²) < 4.78 is 2.20. The van der Waals surface area contributed by atoms with Crippen molar-refractivity contribution in [2.24, 2.45) is 0 Å². The van der Waals surface area contributed by atoms with Crippen LogP contribution in [-0.4, -0.2) is 38.4 Å². The molecule has 1 saturated heterocycles. The molecule has 2 aromatic heterocycles. The van der Waals surface area contributed by atoms with E-state index in [4.69, 9.17) is 0 Å². The third-order valence-electron chi connectivity index (χ3n) is 5.55. The molecule has 0 N–H and O–H groups in total. The Morgan fingerprint density at radius 1 is 1.14 bits per heavy atom. The number of carbonyl (C=O) groups is 1. The van der Waals surface area contributed by atoms with Crippen molar-refractivity contribution in [3.63, 3.8) is 0 Å². The minimum atomic E-state index is 0.137. The minimum absolute atomic E-state index is 0.137. The Labute approximate surface area is 166 Å². The van der Waals surface area contributed by atoms with Gasteiger partial charge in [-0.1, -0.05) is 17.7 Å². The largest absolute Gasteiger partial charge is 0.338 e. The molecular weight excluding hydrogens is 348 g/mol. The lowest BCUT2D eigenvalue weighted by Crippen LogP contribution is -2.40. The van der Waals surface area contributed by atoms with E-state index in [1.54, 1.807) is 0 Å². The summed E-state index contributed by atoms with van der Waals surface area (Å²) in [6.45, 7) is 6.35. The number of imidazole rings is 1. The maximum Gasteiger partial charge on any atom is 0.254 e. The molecule has 4 rings (SSSR count). The number of amides is 1. The van der Waals surface area contributed by atoms with E-state index in [-0.39, 0.29) is 11.8 Å². The average Bonchev–Trinajstić information content (AvgIpc) is 3.18. The summed E-state index contributed by atoms with van der Waals surface area (Å²) >= 11 is 0. The Kier molecular flexibility index (Phi) is 5.24. The zero-order valence-electron chi connectivity index (χ0n) is 16.5. The standard InChI is InChI=1S/C23H26N4O/c1-17-5-6-18(2)21(14-17)23(28)27-12-3-4-20(16-27)22-25-11-13-26(22)15-19-7-9-24-10-8-19/h5-11,13-14,20H,3-4,12,15-16H2,1-2H3/t20-/m0/s1. The summed E-state index contributed by atoms with van der Waals surface area (Å²) in [7, 11) is 0. The molecule has 0 spiro atoms. The average molecular weight is 374 g/mol. The summed E-state index contributed by atoms with van der Waals surface area (Å²) in [5.74, 6) is 1.47. The lowest BCUT2D eigenvalue weighted by Gasteiger charge is -2.33. The molecule has 1 fully saturated rings. The van der Waals surface area contributed by atoms with Crippen LogP contribution in [-0.2, 0) is 6.54 Å². The topological polar surface area (TPSA) is 51.0 Å². The van der Waals surface area contributed by atoms with Gasteiger partial charge in [-0.05, 0) is 56.0 Å². The molecule has 1 aromatic carbocycles. The van der Waals surface area contributed by atoms with Gasteiger partial charge in [0.1, 0.15) is 5.82 Å². The van der Waals surface area contributed by atoms with E-state index >= 15 is 0 Å². The van der Waals surface area contributed by atoms with Gasteiger partial charge in [-0.2, -0.15) is 0 Å². The predicted octanol–water partition coefficient (Wildman–Crippen LogP) is 3.96.